The molecule has 0 amide bonds. The van der Waals surface area contributed by atoms with Gasteiger partial charge in [0.2, 0.25) is 0 Å². The molecule has 0 aliphatic heterocycles. The zero-order valence-corrected chi connectivity index (χ0v) is 53.7. The van der Waals surface area contributed by atoms with Crippen molar-refractivity contribution in [3.05, 3.63) is 158 Å². The van der Waals surface area contributed by atoms with Crippen molar-refractivity contribution in [2.75, 3.05) is 13.2 Å². The van der Waals surface area contributed by atoms with Crippen molar-refractivity contribution in [2.24, 2.45) is 0 Å². The first-order valence-corrected chi connectivity index (χ1v) is 34.0. The highest BCUT2D eigenvalue weighted by Gasteiger charge is 2.19. The van der Waals surface area contributed by atoms with Crippen LogP contribution in [0.3, 0.4) is 0 Å². The van der Waals surface area contributed by atoms with Gasteiger partial charge in [0, 0.05) is 19.3 Å². The third-order valence-corrected chi connectivity index (χ3v) is 14.0. The number of unbranched alkanes of at least 4 members (excludes halogenated alkanes) is 23. The van der Waals surface area contributed by atoms with E-state index in [0.29, 0.717) is 19.3 Å². The van der Waals surface area contributed by atoms with E-state index in [1.807, 2.05) is 0 Å². The Labute approximate surface area is 511 Å². The van der Waals surface area contributed by atoms with E-state index >= 15 is 0 Å². The minimum atomic E-state index is -0.803. The molecule has 0 aromatic heterocycles. The topological polar surface area (TPSA) is 78.9 Å². The number of ether oxygens (including phenoxy) is 3. The summed E-state index contributed by atoms with van der Waals surface area (Å²) in [5, 5.41) is 0. The van der Waals surface area contributed by atoms with Crippen LogP contribution in [0.2, 0.25) is 0 Å². The van der Waals surface area contributed by atoms with E-state index in [1.165, 1.54) is 83.5 Å². The van der Waals surface area contributed by atoms with Crippen LogP contribution >= 0.6 is 0 Å². The lowest BCUT2D eigenvalue weighted by Gasteiger charge is -2.18. The van der Waals surface area contributed by atoms with Crippen molar-refractivity contribution in [3.8, 4) is 0 Å². The first kappa shape index (κ1) is 78.0. The summed E-state index contributed by atoms with van der Waals surface area (Å²) >= 11 is 0. The Balaban J connectivity index is 4.28. The van der Waals surface area contributed by atoms with E-state index in [2.05, 4.69) is 179 Å². The lowest BCUT2D eigenvalue weighted by atomic mass is 10.1. The maximum absolute atomic E-state index is 12.9. The van der Waals surface area contributed by atoms with E-state index in [4.69, 9.17) is 14.2 Å². The monoisotopic (exact) mass is 1140 g/mol. The summed E-state index contributed by atoms with van der Waals surface area (Å²) in [5.41, 5.74) is 0. The van der Waals surface area contributed by atoms with Crippen LogP contribution in [-0.4, -0.2) is 37.2 Å². The molecule has 0 radical (unpaired) electrons. The Morgan fingerprint density at radius 1 is 0.253 bits per heavy atom. The molecular weight excluding hydrogens is 1020 g/mol. The van der Waals surface area contributed by atoms with Gasteiger partial charge in [0.15, 0.2) is 6.10 Å². The van der Waals surface area contributed by atoms with E-state index < -0.39 is 6.10 Å². The Bertz CT molecular complexity index is 1840. The summed E-state index contributed by atoms with van der Waals surface area (Å²) in [5.74, 6) is -0.934. The number of hydrogen-bond donors (Lipinski definition) is 0. The normalized spacial score (nSPS) is 13.1. The van der Waals surface area contributed by atoms with Gasteiger partial charge in [0.05, 0.1) is 0 Å². The van der Waals surface area contributed by atoms with Crippen molar-refractivity contribution in [2.45, 2.75) is 297 Å². The van der Waals surface area contributed by atoms with Gasteiger partial charge in [-0.1, -0.05) is 281 Å². The summed E-state index contributed by atoms with van der Waals surface area (Å²) in [7, 11) is 0. The van der Waals surface area contributed by atoms with Crippen molar-refractivity contribution in [1.82, 2.24) is 0 Å². The molecule has 6 heteroatoms. The Morgan fingerprint density at radius 3 is 0.747 bits per heavy atom. The third-order valence-electron chi connectivity index (χ3n) is 14.0. The number of hydrogen-bond acceptors (Lipinski definition) is 6. The fourth-order valence-electron chi connectivity index (χ4n) is 8.97. The van der Waals surface area contributed by atoms with Crippen molar-refractivity contribution in [3.63, 3.8) is 0 Å². The van der Waals surface area contributed by atoms with Crippen LogP contribution in [-0.2, 0) is 28.6 Å². The second-order valence-corrected chi connectivity index (χ2v) is 22.0. The molecule has 0 rings (SSSR count). The Kier molecular flexibility index (Phi) is 65.4. The standard InChI is InChI=1S/C77H124O6/c1-4-7-10-13-16-19-22-25-27-29-30-31-32-33-34-35-36-37-38-39-40-41-42-43-44-45-46-48-49-52-55-58-61-64-67-70-76(79)82-73-74(72-81-75(78)69-66-63-60-57-54-51-24-21-18-15-12-9-6-3)83-77(80)71-68-65-62-59-56-53-50-47-28-26-23-20-17-14-11-8-5-2/h7-8,10-11,16-17,19-21,24-28,30-31,33-34,36-37,39-40,42-43,50,53,74H,4-6,9,12-15,18,22-23,29,32,35,38,41,44-49,51-52,54-73H2,1-3H3/b10-7-,11-8-,19-16-,20-17-,24-21-,27-25-,28-26-,31-30-,34-33-,37-36-,40-39-,43-42-,53-50-. The fourth-order valence-corrected chi connectivity index (χ4v) is 8.97. The van der Waals surface area contributed by atoms with Crippen LogP contribution in [0.1, 0.15) is 290 Å². The van der Waals surface area contributed by atoms with Crippen LogP contribution < -0.4 is 0 Å². The third kappa shape index (κ3) is 67.7. The fraction of sp³-hybridized carbons (Fsp3) is 0.623. The van der Waals surface area contributed by atoms with Gasteiger partial charge in [-0.05, 0) is 148 Å². The summed E-state index contributed by atoms with van der Waals surface area (Å²) in [4.78, 5) is 38.3. The largest absolute Gasteiger partial charge is 0.462 e. The molecule has 0 saturated carbocycles. The van der Waals surface area contributed by atoms with Gasteiger partial charge in [-0.3, -0.25) is 14.4 Å². The molecule has 1 atom stereocenters. The number of rotatable bonds is 60. The van der Waals surface area contributed by atoms with Crippen molar-refractivity contribution < 1.29 is 28.6 Å². The van der Waals surface area contributed by atoms with E-state index in [1.54, 1.807) is 0 Å². The molecule has 0 aromatic carbocycles. The zero-order chi connectivity index (χ0) is 59.9. The van der Waals surface area contributed by atoms with E-state index in [9.17, 15) is 14.4 Å². The van der Waals surface area contributed by atoms with Crippen molar-refractivity contribution in [1.29, 1.82) is 0 Å². The molecule has 6 nitrogen and oxygen atoms in total. The first-order valence-electron chi connectivity index (χ1n) is 34.0. The molecule has 0 spiro atoms. The SMILES string of the molecule is CC/C=C\C/C=C\C/C=C\C/C=C\C/C=C\C/C=C\C/C=C\C/C=C\CCCCCCCCCCCCC(=O)OCC(COC(=O)CCCCCCC/C=C\CCCCCC)OC(=O)CCCCCC/C=C\C/C=C\C/C=C\C/C=C\CC. The number of allylic oxidation sites excluding steroid dienone is 26. The number of carbonyl (C=O) groups excluding carboxylic acids is 3. The minimum absolute atomic E-state index is 0.0974. The lowest BCUT2D eigenvalue weighted by Crippen LogP contribution is -2.30. The van der Waals surface area contributed by atoms with Gasteiger partial charge in [-0.25, -0.2) is 0 Å². The molecule has 0 aliphatic carbocycles. The quantitative estimate of drug-likeness (QED) is 0.0261. The predicted molar refractivity (Wildman–Crippen MR) is 362 cm³/mol. The number of carbonyl (C=O) groups is 3. The van der Waals surface area contributed by atoms with Crippen LogP contribution in [0.5, 0.6) is 0 Å². The van der Waals surface area contributed by atoms with E-state index in [0.717, 1.165) is 167 Å². The maximum Gasteiger partial charge on any atom is 0.306 e. The first-order chi connectivity index (χ1) is 41.0. The smallest absolute Gasteiger partial charge is 0.306 e. The molecule has 0 N–H and O–H groups in total. The van der Waals surface area contributed by atoms with Gasteiger partial charge in [0.1, 0.15) is 13.2 Å². The second-order valence-electron chi connectivity index (χ2n) is 22.0. The molecule has 83 heavy (non-hydrogen) atoms. The Morgan fingerprint density at radius 2 is 0.470 bits per heavy atom. The summed E-state index contributed by atoms with van der Waals surface area (Å²) in [6, 6.07) is 0. The Hall–Kier alpha value is -4.97. The lowest BCUT2D eigenvalue weighted by molar-refractivity contribution is -0.167. The highest BCUT2D eigenvalue weighted by Crippen LogP contribution is 2.15. The number of esters is 3. The molecule has 1 unspecified atom stereocenters. The van der Waals surface area contributed by atoms with Gasteiger partial charge >= 0.3 is 17.9 Å². The molecule has 0 heterocycles. The van der Waals surface area contributed by atoms with Crippen LogP contribution in [0.4, 0.5) is 0 Å². The summed E-state index contributed by atoms with van der Waals surface area (Å²) in [6.45, 7) is 6.37. The summed E-state index contributed by atoms with van der Waals surface area (Å²) in [6.07, 6.45) is 101. The zero-order valence-electron chi connectivity index (χ0n) is 53.7. The average molecular weight is 1150 g/mol. The average Bonchev–Trinajstić information content (AvgIpc) is 3.49. The highest BCUT2D eigenvalue weighted by atomic mass is 16.6. The molecular formula is C77H124O6. The second kappa shape index (κ2) is 69.5. The summed E-state index contributed by atoms with van der Waals surface area (Å²) < 4.78 is 16.9. The van der Waals surface area contributed by atoms with Gasteiger partial charge in [0.25, 0.3) is 0 Å². The molecule has 0 saturated heterocycles. The van der Waals surface area contributed by atoms with Gasteiger partial charge in [-0.2, -0.15) is 0 Å². The predicted octanol–water partition coefficient (Wildman–Crippen LogP) is 23.7. The van der Waals surface area contributed by atoms with Crippen molar-refractivity contribution >= 4 is 17.9 Å². The van der Waals surface area contributed by atoms with Crippen LogP contribution in [0.25, 0.3) is 0 Å². The van der Waals surface area contributed by atoms with Crippen LogP contribution in [0.15, 0.2) is 158 Å². The molecule has 468 valence electrons. The molecule has 0 aliphatic rings. The molecule has 0 bridgehead atoms. The molecule has 0 aromatic rings. The van der Waals surface area contributed by atoms with Crippen LogP contribution in [0, 0.1) is 0 Å². The maximum atomic E-state index is 12.9. The highest BCUT2D eigenvalue weighted by molar-refractivity contribution is 5.71. The van der Waals surface area contributed by atoms with Gasteiger partial charge < -0.3 is 14.2 Å². The molecule has 0 fully saturated rings. The minimum Gasteiger partial charge on any atom is -0.462 e. The van der Waals surface area contributed by atoms with E-state index in [-0.39, 0.29) is 31.1 Å². The van der Waals surface area contributed by atoms with Gasteiger partial charge in [-0.15, -0.1) is 0 Å².